The SMILES string of the molecule is c1ccc(-c2cccc(-c3ccc(-c4cc(Cc5ccc(-c6cccc(-n7c8ccccc8c8ccccc87)c6)cc5)nc(-c5cccc(-n6c7ccccc7c7ccccc76)c5)n4)cc3)c2)cc1. The summed E-state index contributed by atoms with van der Waals surface area (Å²) >= 11 is 0. The summed E-state index contributed by atoms with van der Waals surface area (Å²) in [5.74, 6) is 0.697. The molecule has 0 unspecified atom stereocenters. The van der Waals surface area contributed by atoms with Crippen molar-refractivity contribution in [1.82, 2.24) is 19.1 Å². The average Bonchev–Trinajstić information content (AvgIpc) is 3.95. The quantitative estimate of drug-likeness (QED) is 0.145. The largest absolute Gasteiger partial charge is 0.309 e. The minimum Gasteiger partial charge on any atom is -0.309 e. The van der Waals surface area contributed by atoms with E-state index in [1.807, 2.05) is 0 Å². The van der Waals surface area contributed by atoms with Gasteiger partial charge in [0.2, 0.25) is 0 Å². The second-order valence-corrected chi connectivity index (χ2v) is 17.8. The molecule has 0 aliphatic rings. The molecule has 0 aliphatic carbocycles. The van der Waals surface area contributed by atoms with E-state index in [4.69, 9.17) is 9.97 Å². The lowest BCUT2D eigenvalue weighted by atomic mass is 9.97. The van der Waals surface area contributed by atoms with E-state index in [9.17, 15) is 0 Å². The Bertz CT molecular complexity index is 3920. The smallest absolute Gasteiger partial charge is 0.160 e. The average molecular weight is 881 g/mol. The zero-order valence-corrected chi connectivity index (χ0v) is 37.7. The Labute approximate surface area is 400 Å². The topological polar surface area (TPSA) is 35.6 Å². The number of rotatable bonds is 9. The van der Waals surface area contributed by atoms with Gasteiger partial charge in [-0.15, -0.1) is 0 Å². The fraction of sp³-hybridized carbons (Fsp3) is 0.0154. The summed E-state index contributed by atoms with van der Waals surface area (Å²) in [6, 6.07) is 91.4. The molecule has 0 bridgehead atoms. The summed E-state index contributed by atoms with van der Waals surface area (Å²) in [6.45, 7) is 0. The molecular formula is C65H44N4. The van der Waals surface area contributed by atoms with Crippen molar-refractivity contribution in [3.8, 4) is 67.4 Å². The molecule has 0 saturated heterocycles. The lowest BCUT2D eigenvalue weighted by Crippen LogP contribution is -2.01. The molecule has 0 aliphatic heterocycles. The summed E-state index contributed by atoms with van der Waals surface area (Å²) in [5, 5.41) is 4.99. The fourth-order valence-corrected chi connectivity index (χ4v) is 10.2. The van der Waals surface area contributed by atoms with Crippen molar-refractivity contribution in [2.45, 2.75) is 6.42 Å². The number of hydrogen-bond donors (Lipinski definition) is 0. The molecule has 0 radical (unpaired) electrons. The molecule has 13 aromatic rings. The Morgan fingerprint density at radius 2 is 0.667 bits per heavy atom. The maximum Gasteiger partial charge on any atom is 0.160 e. The number of nitrogens with zero attached hydrogens (tertiary/aromatic N) is 4. The van der Waals surface area contributed by atoms with E-state index in [2.05, 4.69) is 264 Å². The molecule has 3 heterocycles. The van der Waals surface area contributed by atoms with Gasteiger partial charge in [-0.1, -0.05) is 194 Å². The molecule has 3 aromatic heterocycles. The van der Waals surface area contributed by atoms with Crippen LogP contribution in [0.4, 0.5) is 0 Å². The first-order valence-electron chi connectivity index (χ1n) is 23.6. The maximum atomic E-state index is 5.32. The highest BCUT2D eigenvalue weighted by Crippen LogP contribution is 2.36. The maximum absolute atomic E-state index is 5.32. The van der Waals surface area contributed by atoms with Gasteiger partial charge in [-0.2, -0.15) is 0 Å². The summed E-state index contributed by atoms with van der Waals surface area (Å²) < 4.78 is 4.73. The molecule has 13 rings (SSSR count). The Morgan fingerprint density at radius 3 is 1.20 bits per heavy atom. The van der Waals surface area contributed by atoms with Crippen LogP contribution >= 0.6 is 0 Å². The van der Waals surface area contributed by atoms with Crippen molar-refractivity contribution in [2.24, 2.45) is 0 Å². The monoisotopic (exact) mass is 880 g/mol. The van der Waals surface area contributed by atoms with E-state index >= 15 is 0 Å². The summed E-state index contributed by atoms with van der Waals surface area (Å²) in [4.78, 5) is 10.6. The van der Waals surface area contributed by atoms with Gasteiger partial charge in [-0.3, -0.25) is 0 Å². The Hall–Kier alpha value is -9.12. The second kappa shape index (κ2) is 16.9. The third kappa shape index (κ3) is 7.36. The van der Waals surface area contributed by atoms with Gasteiger partial charge < -0.3 is 9.13 Å². The van der Waals surface area contributed by atoms with Gasteiger partial charge >= 0.3 is 0 Å². The van der Waals surface area contributed by atoms with Crippen molar-refractivity contribution in [1.29, 1.82) is 0 Å². The van der Waals surface area contributed by atoms with Crippen LogP contribution in [0.3, 0.4) is 0 Å². The van der Waals surface area contributed by atoms with Crippen LogP contribution in [-0.4, -0.2) is 19.1 Å². The number of fused-ring (bicyclic) bond motifs is 6. The Balaban J connectivity index is 0.862. The zero-order valence-electron chi connectivity index (χ0n) is 37.7. The number of para-hydroxylation sites is 4. The van der Waals surface area contributed by atoms with Crippen LogP contribution in [0.1, 0.15) is 11.3 Å². The molecule has 4 heteroatoms. The molecule has 0 amide bonds. The zero-order chi connectivity index (χ0) is 45.7. The van der Waals surface area contributed by atoms with Crippen LogP contribution in [0.25, 0.3) is 111 Å². The molecule has 324 valence electrons. The first-order valence-corrected chi connectivity index (χ1v) is 23.6. The van der Waals surface area contributed by atoms with Crippen molar-refractivity contribution in [2.75, 3.05) is 0 Å². The van der Waals surface area contributed by atoms with Crippen LogP contribution < -0.4 is 0 Å². The van der Waals surface area contributed by atoms with E-state index in [-0.39, 0.29) is 0 Å². The molecule has 0 N–H and O–H groups in total. The van der Waals surface area contributed by atoms with Crippen LogP contribution in [0, 0.1) is 0 Å². The van der Waals surface area contributed by atoms with Gasteiger partial charge in [0, 0.05) is 56.2 Å². The van der Waals surface area contributed by atoms with Crippen LogP contribution in [0.15, 0.2) is 255 Å². The van der Waals surface area contributed by atoms with Gasteiger partial charge in [0.05, 0.1) is 27.8 Å². The minimum absolute atomic E-state index is 0.654. The predicted molar refractivity (Wildman–Crippen MR) is 287 cm³/mol. The fourth-order valence-electron chi connectivity index (χ4n) is 10.2. The highest BCUT2D eigenvalue weighted by molar-refractivity contribution is 6.10. The third-order valence-electron chi connectivity index (χ3n) is 13.6. The first-order chi connectivity index (χ1) is 34.2. The van der Waals surface area contributed by atoms with Crippen molar-refractivity contribution < 1.29 is 0 Å². The van der Waals surface area contributed by atoms with Gasteiger partial charge in [0.15, 0.2) is 5.82 Å². The van der Waals surface area contributed by atoms with Gasteiger partial charge in [0.25, 0.3) is 0 Å². The van der Waals surface area contributed by atoms with E-state index in [0.29, 0.717) is 12.2 Å². The molecular weight excluding hydrogens is 837 g/mol. The molecule has 0 saturated carbocycles. The summed E-state index contributed by atoms with van der Waals surface area (Å²) in [5.41, 5.74) is 19.1. The predicted octanol–water partition coefficient (Wildman–Crippen LogP) is 16.6. The minimum atomic E-state index is 0.654. The number of benzene rings is 10. The van der Waals surface area contributed by atoms with E-state index in [1.54, 1.807) is 0 Å². The summed E-state index contributed by atoms with van der Waals surface area (Å²) in [6.07, 6.45) is 0.654. The lowest BCUT2D eigenvalue weighted by molar-refractivity contribution is 1.04. The third-order valence-corrected chi connectivity index (χ3v) is 13.6. The molecule has 0 fully saturated rings. The van der Waals surface area contributed by atoms with Gasteiger partial charge in [-0.05, 0) is 99.6 Å². The molecule has 69 heavy (non-hydrogen) atoms. The molecule has 10 aromatic carbocycles. The number of aromatic nitrogens is 4. The first kappa shape index (κ1) is 40.2. The molecule has 0 spiro atoms. The highest BCUT2D eigenvalue weighted by atomic mass is 15.0. The van der Waals surface area contributed by atoms with Crippen LogP contribution in [-0.2, 0) is 6.42 Å². The number of hydrogen-bond acceptors (Lipinski definition) is 2. The Morgan fingerprint density at radius 1 is 0.275 bits per heavy atom. The van der Waals surface area contributed by atoms with Crippen molar-refractivity contribution in [3.05, 3.63) is 266 Å². The van der Waals surface area contributed by atoms with Crippen LogP contribution in [0.5, 0.6) is 0 Å². The van der Waals surface area contributed by atoms with Crippen molar-refractivity contribution >= 4 is 43.6 Å². The van der Waals surface area contributed by atoms with E-state index < -0.39 is 0 Å². The second-order valence-electron chi connectivity index (χ2n) is 17.8. The molecule has 0 atom stereocenters. The normalized spacial score (nSPS) is 11.5. The summed E-state index contributed by atoms with van der Waals surface area (Å²) in [7, 11) is 0. The van der Waals surface area contributed by atoms with Crippen LogP contribution in [0.2, 0.25) is 0 Å². The Kier molecular flexibility index (Phi) is 9.87. The van der Waals surface area contributed by atoms with Gasteiger partial charge in [0.1, 0.15) is 0 Å². The van der Waals surface area contributed by atoms with E-state index in [1.165, 1.54) is 77.0 Å². The van der Waals surface area contributed by atoms with Gasteiger partial charge in [-0.25, -0.2) is 9.97 Å². The standard InChI is InChI=1S/C65H44N4/c1-2-15-45(16-3-1)49-17-12-18-50(40-49)47-35-37-48(38-36-47)60-43-53(66-65(67-60)52-20-14-22-55(42-52)69-63-29-10-6-25-58(63)59-26-7-11-30-64(59)69)39-44-31-33-46(34-32-44)51-19-13-21-54(41-51)68-61-27-8-4-23-56(61)57-24-5-9-28-62(57)68/h1-38,40-43H,39H2. The highest BCUT2D eigenvalue weighted by Gasteiger charge is 2.16. The molecule has 4 nitrogen and oxygen atoms in total. The van der Waals surface area contributed by atoms with Crippen molar-refractivity contribution in [3.63, 3.8) is 0 Å². The van der Waals surface area contributed by atoms with E-state index in [0.717, 1.165) is 39.5 Å². The lowest BCUT2D eigenvalue weighted by Gasteiger charge is -2.13.